The van der Waals surface area contributed by atoms with Crippen molar-refractivity contribution in [2.75, 3.05) is 4.90 Å². The van der Waals surface area contributed by atoms with Gasteiger partial charge in [0.25, 0.3) is 0 Å². The lowest BCUT2D eigenvalue weighted by Gasteiger charge is -2.29. The lowest BCUT2D eigenvalue weighted by molar-refractivity contribution is 0.601. The highest BCUT2D eigenvalue weighted by Crippen LogP contribution is 2.53. The second-order valence-corrected chi connectivity index (χ2v) is 13.1. The maximum Gasteiger partial charge on any atom is 0.159 e. The lowest BCUT2D eigenvalue weighted by atomic mass is 9.82. The molecule has 8 rings (SSSR count). The first-order valence-electron chi connectivity index (χ1n) is 15.2. The first-order valence-corrected chi connectivity index (χ1v) is 15.2. The monoisotopic (exact) mass is 557 g/mol. The highest BCUT2D eigenvalue weighted by molar-refractivity contribution is 5.99. The summed E-state index contributed by atoms with van der Waals surface area (Å²) >= 11 is 0. The van der Waals surface area contributed by atoms with Crippen LogP contribution in [0.25, 0.3) is 39.3 Å². The maximum absolute atomic E-state index is 6.51. The quantitative estimate of drug-likeness (QED) is 0.214. The predicted octanol–water partition coefficient (Wildman–Crippen LogP) is 11.5. The number of rotatable bonds is 4. The summed E-state index contributed by atoms with van der Waals surface area (Å²) in [4.78, 5) is 2.39. The first-order chi connectivity index (χ1) is 20.7. The number of para-hydroxylation sites is 1. The van der Waals surface area contributed by atoms with Crippen molar-refractivity contribution < 1.29 is 4.42 Å². The average molecular weight is 558 g/mol. The van der Waals surface area contributed by atoms with E-state index in [2.05, 4.69) is 149 Å². The Balaban J connectivity index is 1.38. The molecule has 2 heteroatoms. The molecule has 0 atom stereocenters. The molecule has 0 radical (unpaired) electrons. The van der Waals surface area contributed by atoms with Crippen molar-refractivity contribution >= 4 is 34.1 Å². The molecule has 2 aliphatic carbocycles. The minimum Gasteiger partial charge on any atom is -0.454 e. The summed E-state index contributed by atoms with van der Waals surface area (Å²) in [5.41, 5.74) is 15.8. The standard InChI is InChI=1S/C41H35NO/c1-7-38-25(2)28-15-12-18-37(39(28)43-38)42(26-19-21-31-29-13-8-10-16-33(29)40(3,4)35(31)23-26)27-20-22-32-30-14-9-11-17-34(30)41(5,6)36(32)24-27/h7-24H,1H2,2-6H3. The largest absolute Gasteiger partial charge is 0.454 e. The van der Waals surface area contributed by atoms with Gasteiger partial charge in [-0.15, -0.1) is 0 Å². The number of hydrogen-bond acceptors (Lipinski definition) is 2. The minimum absolute atomic E-state index is 0.0987. The van der Waals surface area contributed by atoms with Gasteiger partial charge < -0.3 is 9.32 Å². The topological polar surface area (TPSA) is 16.4 Å². The molecule has 0 bridgehead atoms. The van der Waals surface area contributed by atoms with Gasteiger partial charge in [0.1, 0.15) is 5.76 Å². The van der Waals surface area contributed by atoms with Crippen LogP contribution in [0.1, 0.15) is 61.3 Å². The highest BCUT2D eigenvalue weighted by atomic mass is 16.3. The number of furan rings is 1. The molecule has 1 heterocycles. The molecule has 5 aromatic carbocycles. The molecule has 0 aliphatic heterocycles. The van der Waals surface area contributed by atoms with Crippen LogP contribution >= 0.6 is 0 Å². The van der Waals surface area contributed by atoms with Crippen LogP contribution in [0.3, 0.4) is 0 Å². The van der Waals surface area contributed by atoms with Crippen molar-refractivity contribution in [2.45, 2.75) is 45.4 Å². The average Bonchev–Trinajstić information content (AvgIpc) is 3.56. The van der Waals surface area contributed by atoms with Gasteiger partial charge >= 0.3 is 0 Å². The number of aryl methyl sites for hydroxylation is 1. The Hall–Kier alpha value is -4.82. The van der Waals surface area contributed by atoms with Gasteiger partial charge in [0.05, 0.1) is 5.69 Å². The van der Waals surface area contributed by atoms with E-state index >= 15 is 0 Å². The van der Waals surface area contributed by atoms with E-state index in [1.807, 2.05) is 6.08 Å². The Morgan fingerprint density at radius 3 is 1.65 bits per heavy atom. The summed E-state index contributed by atoms with van der Waals surface area (Å²) in [6, 6.07) is 38.1. The van der Waals surface area contributed by atoms with E-state index in [9.17, 15) is 0 Å². The molecule has 0 unspecified atom stereocenters. The molecule has 1 aromatic heterocycles. The number of hydrogen-bond donors (Lipinski definition) is 0. The van der Waals surface area contributed by atoms with Crippen molar-refractivity contribution in [1.29, 1.82) is 0 Å². The Kier molecular flexibility index (Phi) is 5.32. The van der Waals surface area contributed by atoms with Crippen LogP contribution in [-0.4, -0.2) is 0 Å². The molecule has 0 fully saturated rings. The third-order valence-corrected chi connectivity index (χ3v) is 10.1. The van der Waals surface area contributed by atoms with E-state index < -0.39 is 0 Å². The number of fused-ring (bicyclic) bond motifs is 7. The van der Waals surface area contributed by atoms with Crippen LogP contribution in [0.4, 0.5) is 17.1 Å². The van der Waals surface area contributed by atoms with Gasteiger partial charge in [0.2, 0.25) is 0 Å². The summed E-state index contributed by atoms with van der Waals surface area (Å²) in [5, 5.41) is 1.11. The van der Waals surface area contributed by atoms with Crippen LogP contribution in [-0.2, 0) is 10.8 Å². The summed E-state index contributed by atoms with van der Waals surface area (Å²) < 4.78 is 6.51. The zero-order valence-corrected chi connectivity index (χ0v) is 25.5. The van der Waals surface area contributed by atoms with Crippen LogP contribution in [0.5, 0.6) is 0 Å². The lowest BCUT2D eigenvalue weighted by Crippen LogP contribution is -2.18. The summed E-state index contributed by atoms with van der Waals surface area (Å²) in [5.74, 6) is 0.818. The maximum atomic E-state index is 6.51. The van der Waals surface area contributed by atoms with Gasteiger partial charge in [-0.05, 0) is 87.8 Å². The van der Waals surface area contributed by atoms with Gasteiger partial charge in [-0.1, -0.05) is 107 Å². The van der Waals surface area contributed by atoms with Gasteiger partial charge in [-0.25, -0.2) is 0 Å². The minimum atomic E-state index is -0.0987. The Morgan fingerprint density at radius 1 is 0.605 bits per heavy atom. The Labute approximate surface area is 253 Å². The third-order valence-electron chi connectivity index (χ3n) is 10.1. The summed E-state index contributed by atoms with van der Waals surface area (Å²) in [7, 11) is 0. The third kappa shape index (κ3) is 3.47. The first kappa shape index (κ1) is 25.9. The van der Waals surface area contributed by atoms with E-state index in [0.29, 0.717) is 0 Å². The zero-order valence-electron chi connectivity index (χ0n) is 25.5. The molecule has 6 aromatic rings. The summed E-state index contributed by atoms with van der Waals surface area (Å²) in [6.07, 6.45) is 1.81. The van der Waals surface area contributed by atoms with Gasteiger partial charge in [-0.3, -0.25) is 0 Å². The number of benzene rings is 5. The zero-order chi connectivity index (χ0) is 29.7. The Bertz CT molecular complexity index is 2020. The fraction of sp³-hybridized carbons (Fsp3) is 0.171. The second-order valence-electron chi connectivity index (χ2n) is 13.1. The smallest absolute Gasteiger partial charge is 0.159 e. The molecular weight excluding hydrogens is 522 g/mol. The van der Waals surface area contributed by atoms with Gasteiger partial charge in [-0.2, -0.15) is 0 Å². The molecule has 2 aliphatic rings. The Morgan fingerprint density at radius 2 is 1.12 bits per heavy atom. The van der Waals surface area contributed by atoms with E-state index in [1.54, 1.807) is 0 Å². The van der Waals surface area contributed by atoms with Gasteiger partial charge in [0, 0.05) is 33.2 Å². The van der Waals surface area contributed by atoms with E-state index in [0.717, 1.165) is 39.4 Å². The van der Waals surface area contributed by atoms with Gasteiger partial charge in [0.15, 0.2) is 5.58 Å². The van der Waals surface area contributed by atoms with Crippen molar-refractivity contribution in [2.24, 2.45) is 0 Å². The number of nitrogens with zero attached hydrogens (tertiary/aromatic N) is 1. The van der Waals surface area contributed by atoms with Crippen molar-refractivity contribution in [3.63, 3.8) is 0 Å². The molecule has 0 N–H and O–H groups in total. The van der Waals surface area contributed by atoms with E-state index in [1.165, 1.54) is 44.5 Å². The predicted molar refractivity (Wildman–Crippen MR) is 181 cm³/mol. The molecule has 43 heavy (non-hydrogen) atoms. The molecule has 2 nitrogen and oxygen atoms in total. The fourth-order valence-corrected chi connectivity index (χ4v) is 7.71. The van der Waals surface area contributed by atoms with Crippen molar-refractivity contribution in [3.8, 4) is 22.3 Å². The van der Waals surface area contributed by atoms with E-state index in [-0.39, 0.29) is 10.8 Å². The molecule has 0 spiro atoms. The van der Waals surface area contributed by atoms with E-state index in [4.69, 9.17) is 4.42 Å². The van der Waals surface area contributed by atoms with Crippen LogP contribution in [0.2, 0.25) is 0 Å². The van der Waals surface area contributed by atoms with Crippen molar-refractivity contribution in [3.05, 3.63) is 143 Å². The highest BCUT2D eigenvalue weighted by Gasteiger charge is 2.38. The van der Waals surface area contributed by atoms with Crippen LogP contribution < -0.4 is 4.90 Å². The van der Waals surface area contributed by atoms with Crippen molar-refractivity contribution in [1.82, 2.24) is 0 Å². The summed E-state index contributed by atoms with van der Waals surface area (Å²) in [6.45, 7) is 15.5. The molecule has 0 saturated heterocycles. The van der Waals surface area contributed by atoms with Crippen LogP contribution in [0.15, 0.2) is 114 Å². The molecule has 0 amide bonds. The van der Waals surface area contributed by atoms with Crippen LogP contribution in [0, 0.1) is 6.92 Å². The molecular formula is C41H35NO. The second kappa shape index (κ2) is 8.84. The fourth-order valence-electron chi connectivity index (χ4n) is 7.71. The normalized spacial score (nSPS) is 15.1. The molecule has 210 valence electrons. The molecule has 0 saturated carbocycles. The number of anilines is 3. The SMILES string of the molecule is C=Cc1oc2c(N(c3ccc4c(c3)C(C)(C)c3ccccc3-4)c3ccc4c(c3)C(C)(C)c3ccccc3-4)cccc2c1C.